The zero-order valence-electron chi connectivity index (χ0n) is 12.4. The van der Waals surface area contributed by atoms with E-state index in [1.54, 1.807) is 0 Å². The van der Waals surface area contributed by atoms with Gasteiger partial charge in [-0.05, 0) is 54.8 Å². The molecule has 0 radical (unpaired) electrons. The second-order valence-corrected chi connectivity index (χ2v) is 7.06. The predicted octanol–water partition coefficient (Wildman–Crippen LogP) is 3.67. The number of benzene rings is 1. The van der Waals surface area contributed by atoms with Crippen molar-refractivity contribution in [2.24, 2.45) is 0 Å². The van der Waals surface area contributed by atoms with Gasteiger partial charge in [-0.2, -0.15) is 0 Å². The summed E-state index contributed by atoms with van der Waals surface area (Å²) in [5, 5.41) is 12.5. The Labute approximate surface area is 133 Å². The highest BCUT2D eigenvalue weighted by Gasteiger charge is 2.33. The van der Waals surface area contributed by atoms with Gasteiger partial charge in [0.25, 0.3) is 0 Å². The fraction of sp³-hybridized carbons (Fsp3) is 0.533. The van der Waals surface area contributed by atoms with Crippen LogP contribution in [0.25, 0.3) is 11.4 Å². The predicted molar refractivity (Wildman–Crippen MR) is 86.8 cm³/mol. The summed E-state index contributed by atoms with van der Waals surface area (Å²) in [7, 11) is 0. The topological polar surface area (TPSA) is 69.6 Å². The molecule has 0 saturated heterocycles. The molecule has 2 N–H and O–H groups in total. The van der Waals surface area contributed by atoms with Gasteiger partial charge in [0.1, 0.15) is 0 Å². The van der Waals surface area contributed by atoms with Crippen molar-refractivity contribution in [2.45, 2.75) is 51.5 Å². The first kappa shape index (κ1) is 14.5. The molecule has 1 aliphatic carbocycles. The van der Waals surface area contributed by atoms with Crippen LogP contribution < -0.4 is 5.73 Å². The molecule has 0 spiro atoms. The normalized spacial score (nSPS) is 17.9. The van der Waals surface area contributed by atoms with Crippen molar-refractivity contribution in [3.63, 3.8) is 0 Å². The Morgan fingerprint density at radius 2 is 1.95 bits per heavy atom. The molecular formula is C15H20BrN5. The van der Waals surface area contributed by atoms with Crippen LogP contribution in [-0.4, -0.2) is 20.2 Å². The second-order valence-electron chi connectivity index (χ2n) is 6.14. The molecule has 0 unspecified atom stereocenters. The number of nitrogens with two attached hydrogens (primary N) is 1. The van der Waals surface area contributed by atoms with E-state index in [4.69, 9.17) is 5.73 Å². The molecule has 3 rings (SSSR count). The minimum atomic E-state index is 0.000598. The van der Waals surface area contributed by atoms with Crippen LogP contribution in [0.5, 0.6) is 0 Å². The molecule has 0 aliphatic heterocycles. The van der Waals surface area contributed by atoms with Crippen molar-refractivity contribution in [1.82, 2.24) is 20.2 Å². The highest BCUT2D eigenvalue weighted by molar-refractivity contribution is 9.10. The Morgan fingerprint density at radius 1 is 1.24 bits per heavy atom. The highest BCUT2D eigenvalue weighted by Crippen LogP contribution is 2.38. The molecule has 1 aromatic carbocycles. The molecule has 1 aliphatic rings. The number of nitrogens with zero attached hydrogens (tertiary/aromatic N) is 4. The van der Waals surface area contributed by atoms with Gasteiger partial charge >= 0.3 is 0 Å². The van der Waals surface area contributed by atoms with Gasteiger partial charge in [-0.3, -0.25) is 0 Å². The monoisotopic (exact) mass is 349 g/mol. The van der Waals surface area contributed by atoms with E-state index in [9.17, 15) is 0 Å². The molecular weight excluding hydrogens is 330 g/mol. The minimum absolute atomic E-state index is 0.000598. The Kier molecular flexibility index (Phi) is 3.73. The zero-order chi connectivity index (χ0) is 15.0. The molecule has 1 saturated carbocycles. The van der Waals surface area contributed by atoms with Crippen LogP contribution in [0.1, 0.15) is 44.6 Å². The first-order valence-corrected chi connectivity index (χ1v) is 8.15. The average molecular weight is 350 g/mol. The van der Waals surface area contributed by atoms with Gasteiger partial charge in [0.15, 0.2) is 5.82 Å². The molecule has 0 atom stereocenters. The first-order valence-electron chi connectivity index (χ1n) is 7.36. The Hall–Kier alpha value is -1.43. The number of hydrogen-bond acceptors (Lipinski definition) is 4. The summed E-state index contributed by atoms with van der Waals surface area (Å²) in [5.41, 5.74) is 8.85. The third-order valence-corrected chi connectivity index (χ3v) is 5.02. The number of nitrogen functional groups attached to an aromatic ring is 1. The fourth-order valence-corrected chi connectivity index (χ4v) is 3.65. The van der Waals surface area contributed by atoms with Gasteiger partial charge < -0.3 is 5.73 Å². The Balaban J connectivity index is 2.11. The van der Waals surface area contributed by atoms with Crippen molar-refractivity contribution in [2.75, 3.05) is 5.73 Å². The first-order chi connectivity index (χ1) is 10.0. The van der Waals surface area contributed by atoms with Crippen LogP contribution in [0.3, 0.4) is 0 Å². The highest BCUT2D eigenvalue weighted by atomic mass is 79.9. The number of aromatic nitrogens is 4. The summed E-state index contributed by atoms with van der Waals surface area (Å²) in [5.74, 6) is 0.810. The summed E-state index contributed by atoms with van der Waals surface area (Å²) in [6.07, 6.45) is 6.00. The lowest BCUT2D eigenvalue weighted by molar-refractivity contribution is 0.197. The molecule has 2 aromatic rings. The molecule has 21 heavy (non-hydrogen) atoms. The number of tetrazole rings is 1. The van der Waals surface area contributed by atoms with E-state index in [1.165, 1.54) is 19.3 Å². The van der Waals surface area contributed by atoms with Gasteiger partial charge in [0.05, 0.1) is 5.54 Å². The van der Waals surface area contributed by atoms with E-state index in [2.05, 4.69) is 38.4 Å². The summed E-state index contributed by atoms with van der Waals surface area (Å²) < 4.78 is 2.95. The SMILES string of the molecule is Cc1c(N)cc(Br)cc1-c1nnnn1C1(C)CCCCC1. The number of anilines is 1. The van der Waals surface area contributed by atoms with Crippen molar-refractivity contribution in [3.05, 3.63) is 22.2 Å². The minimum Gasteiger partial charge on any atom is -0.398 e. The summed E-state index contributed by atoms with van der Waals surface area (Å²) in [6.45, 7) is 4.27. The Morgan fingerprint density at radius 3 is 2.67 bits per heavy atom. The largest absolute Gasteiger partial charge is 0.398 e. The summed E-state index contributed by atoms with van der Waals surface area (Å²) in [4.78, 5) is 0. The van der Waals surface area contributed by atoms with Crippen molar-refractivity contribution in [3.8, 4) is 11.4 Å². The molecule has 5 nitrogen and oxygen atoms in total. The van der Waals surface area contributed by atoms with Gasteiger partial charge in [-0.25, -0.2) is 4.68 Å². The van der Waals surface area contributed by atoms with Crippen LogP contribution in [-0.2, 0) is 5.54 Å². The molecule has 1 heterocycles. The van der Waals surface area contributed by atoms with Gasteiger partial charge in [0.2, 0.25) is 0 Å². The number of hydrogen-bond donors (Lipinski definition) is 1. The van der Waals surface area contributed by atoms with E-state index in [0.29, 0.717) is 0 Å². The van der Waals surface area contributed by atoms with Gasteiger partial charge in [-0.1, -0.05) is 35.2 Å². The molecule has 0 bridgehead atoms. The molecule has 6 heteroatoms. The average Bonchev–Trinajstić information content (AvgIpc) is 2.93. The quantitative estimate of drug-likeness (QED) is 0.839. The van der Waals surface area contributed by atoms with E-state index >= 15 is 0 Å². The van der Waals surface area contributed by atoms with Crippen molar-refractivity contribution < 1.29 is 0 Å². The van der Waals surface area contributed by atoms with Crippen LogP contribution in [0.2, 0.25) is 0 Å². The lowest BCUT2D eigenvalue weighted by Gasteiger charge is -2.34. The van der Waals surface area contributed by atoms with Gasteiger partial charge in [0, 0.05) is 15.7 Å². The maximum atomic E-state index is 6.08. The van der Waals surface area contributed by atoms with E-state index in [-0.39, 0.29) is 5.54 Å². The van der Waals surface area contributed by atoms with Crippen molar-refractivity contribution >= 4 is 21.6 Å². The van der Waals surface area contributed by atoms with Crippen LogP contribution in [0.4, 0.5) is 5.69 Å². The molecule has 0 amide bonds. The van der Waals surface area contributed by atoms with E-state index in [0.717, 1.165) is 40.0 Å². The van der Waals surface area contributed by atoms with Gasteiger partial charge in [-0.15, -0.1) is 5.10 Å². The lowest BCUT2D eigenvalue weighted by Crippen LogP contribution is -2.34. The second kappa shape index (κ2) is 5.40. The standard InChI is InChI=1S/C15H20BrN5/c1-10-12(8-11(16)9-13(10)17)14-18-19-20-21(14)15(2)6-4-3-5-7-15/h8-9H,3-7,17H2,1-2H3. The maximum Gasteiger partial charge on any atom is 0.182 e. The van der Waals surface area contributed by atoms with Crippen molar-refractivity contribution in [1.29, 1.82) is 0 Å². The summed E-state index contributed by atoms with van der Waals surface area (Å²) >= 11 is 3.51. The third-order valence-electron chi connectivity index (χ3n) is 4.57. The number of rotatable bonds is 2. The zero-order valence-corrected chi connectivity index (χ0v) is 14.0. The van der Waals surface area contributed by atoms with Crippen LogP contribution >= 0.6 is 15.9 Å². The Bertz CT molecular complexity index is 658. The smallest absolute Gasteiger partial charge is 0.182 e. The molecule has 1 aromatic heterocycles. The third kappa shape index (κ3) is 2.57. The number of halogens is 1. The van der Waals surface area contributed by atoms with Crippen LogP contribution in [0, 0.1) is 6.92 Å². The maximum absolute atomic E-state index is 6.08. The molecule has 112 valence electrons. The fourth-order valence-electron chi connectivity index (χ4n) is 3.18. The lowest BCUT2D eigenvalue weighted by atomic mass is 9.83. The molecule has 1 fully saturated rings. The van der Waals surface area contributed by atoms with E-state index < -0.39 is 0 Å². The summed E-state index contributed by atoms with van der Waals surface area (Å²) in [6, 6.07) is 3.95. The van der Waals surface area contributed by atoms with Crippen LogP contribution in [0.15, 0.2) is 16.6 Å². The van der Waals surface area contributed by atoms with E-state index in [1.807, 2.05) is 23.7 Å².